The van der Waals surface area contributed by atoms with E-state index >= 15 is 0 Å². The van der Waals surface area contributed by atoms with Crippen LogP contribution in [0.1, 0.15) is 19.3 Å². The van der Waals surface area contributed by atoms with Crippen molar-refractivity contribution in [1.29, 1.82) is 0 Å². The monoisotopic (exact) mass is 496 g/mol. The minimum absolute atomic E-state index is 0.392. The van der Waals surface area contributed by atoms with Gasteiger partial charge in [-0.25, -0.2) is 19.3 Å². The summed E-state index contributed by atoms with van der Waals surface area (Å²) in [5, 5.41) is 1.11. The summed E-state index contributed by atoms with van der Waals surface area (Å²) in [6.45, 7) is 11.7. The fourth-order valence-corrected chi connectivity index (χ4v) is 6.06. The van der Waals surface area contributed by atoms with E-state index in [4.69, 9.17) is 9.72 Å². The van der Waals surface area contributed by atoms with Gasteiger partial charge in [-0.05, 0) is 31.4 Å². The molecule has 0 bridgehead atoms. The Morgan fingerprint density at radius 3 is 2.69 bits per heavy atom. The van der Waals surface area contributed by atoms with Crippen LogP contribution in [-0.4, -0.2) is 77.5 Å². The van der Waals surface area contributed by atoms with E-state index in [1.165, 1.54) is 5.69 Å². The SMILES string of the molecule is C[Si](C)(C)CCOCn1cc(-c2cncnc2)c2c(N3CCC[C@H](N4CCC(F)C4)C3)ccnc21. The van der Waals surface area contributed by atoms with Gasteiger partial charge in [0.25, 0.3) is 0 Å². The Labute approximate surface area is 208 Å². The molecule has 1 unspecified atom stereocenters. The van der Waals surface area contributed by atoms with Gasteiger partial charge >= 0.3 is 0 Å². The number of rotatable bonds is 8. The number of anilines is 1. The second-order valence-corrected chi connectivity index (χ2v) is 16.8. The second-order valence-electron chi connectivity index (χ2n) is 11.1. The Morgan fingerprint density at radius 1 is 1.11 bits per heavy atom. The molecule has 0 saturated carbocycles. The van der Waals surface area contributed by atoms with Crippen LogP contribution in [0.15, 0.2) is 37.2 Å². The van der Waals surface area contributed by atoms with Crippen molar-refractivity contribution in [3.8, 4) is 11.1 Å². The number of hydrogen-bond acceptors (Lipinski definition) is 6. The molecule has 5 heterocycles. The van der Waals surface area contributed by atoms with Crippen molar-refractivity contribution in [1.82, 2.24) is 24.4 Å². The van der Waals surface area contributed by atoms with Crippen molar-refractivity contribution in [2.24, 2.45) is 0 Å². The van der Waals surface area contributed by atoms with E-state index in [2.05, 4.69) is 56.2 Å². The Balaban J connectivity index is 1.46. The fraction of sp³-hybridized carbons (Fsp3) is 0.577. The first-order valence-corrected chi connectivity index (χ1v) is 16.5. The summed E-state index contributed by atoms with van der Waals surface area (Å²) < 4.78 is 22.1. The van der Waals surface area contributed by atoms with Gasteiger partial charge < -0.3 is 14.2 Å². The lowest BCUT2D eigenvalue weighted by atomic mass is 10.0. The number of alkyl halides is 1. The minimum Gasteiger partial charge on any atom is -0.369 e. The van der Waals surface area contributed by atoms with Crippen molar-refractivity contribution in [2.45, 2.75) is 63.9 Å². The first-order chi connectivity index (χ1) is 16.9. The van der Waals surface area contributed by atoms with E-state index in [1.807, 2.05) is 18.6 Å². The molecule has 0 aromatic carbocycles. The average molecular weight is 497 g/mol. The number of ether oxygens (including phenoxy) is 1. The minimum atomic E-state index is -1.15. The fourth-order valence-electron chi connectivity index (χ4n) is 5.31. The molecule has 2 atom stereocenters. The molecular weight excluding hydrogens is 459 g/mol. The molecule has 0 spiro atoms. The lowest BCUT2D eigenvalue weighted by Gasteiger charge is -2.39. The molecule has 9 heteroatoms. The smallest absolute Gasteiger partial charge is 0.144 e. The van der Waals surface area contributed by atoms with Crippen LogP contribution in [0.3, 0.4) is 0 Å². The highest BCUT2D eigenvalue weighted by Gasteiger charge is 2.32. The Bertz CT molecular complexity index is 1130. The van der Waals surface area contributed by atoms with Crippen LogP contribution in [-0.2, 0) is 11.5 Å². The molecule has 35 heavy (non-hydrogen) atoms. The predicted molar refractivity (Wildman–Crippen MR) is 141 cm³/mol. The highest BCUT2D eigenvalue weighted by molar-refractivity contribution is 6.76. The summed E-state index contributed by atoms with van der Waals surface area (Å²) in [6.07, 6.45) is 11.5. The molecule has 3 aromatic rings. The summed E-state index contributed by atoms with van der Waals surface area (Å²) in [5.41, 5.74) is 4.14. The number of nitrogens with zero attached hydrogens (tertiary/aromatic N) is 6. The lowest BCUT2D eigenvalue weighted by molar-refractivity contribution is 0.0899. The van der Waals surface area contributed by atoms with Crippen molar-refractivity contribution in [2.75, 3.05) is 37.7 Å². The van der Waals surface area contributed by atoms with Gasteiger partial charge in [0, 0.05) is 88.5 Å². The zero-order valence-electron chi connectivity index (χ0n) is 21.2. The van der Waals surface area contributed by atoms with Crippen LogP contribution in [0, 0.1) is 0 Å². The van der Waals surface area contributed by atoms with Gasteiger partial charge in [0.2, 0.25) is 0 Å². The summed E-state index contributed by atoms with van der Waals surface area (Å²) in [5.74, 6) is 0. The largest absolute Gasteiger partial charge is 0.369 e. The average Bonchev–Trinajstić information content (AvgIpc) is 3.46. The Hall–Kier alpha value is -2.36. The van der Waals surface area contributed by atoms with Gasteiger partial charge in [-0.15, -0.1) is 0 Å². The number of halogens is 1. The molecule has 3 aromatic heterocycles. The third kappa shape index (κ3) is 5.57. The van der Waals surface area contributed by atoms with Crippen molar-refractivity contribution in [3.05, 3.63) is 37.2 Å². The molecule has 2 aliphatic rings. The maximum absolute atomic E-state index is 13.9. The van der Waals surface area contributed by atoms with Crippen LogP contribution in [0.2, 0.25) is 25.7 Å². The van der Waals surface area contributed by atoms with Gasteiger partial charge in [-0.1, -0.05) is 19.6 Å². The number of hydrogen-bond donors (Lipinski definition) is 0. The van der Waals surface area contributed by atoms with Gasteiger partial charge in [-0.3, -0.25) is 4.90 Å². The standard InChI is InChI=1S/C26H37FN6OSi/c1-35(2,3)12-11-34-19-33-17-23(20-13-28-18-29-14-20)25-24(6-8-30-26(25)33)32-9-4-5-22(16-32)31-10-7-21(27)15-31/h6,8,13-14,17-18,21-22H,4-5,7,9-12,15-16,19H2,1-3H3/t21?,22-/m0/s1. The van der Waals surface area contributed by atoms with Gasteiger partial charge in [0.15, 0.2) is 0 Å². The molecule has 0 amide bonds. The van der Waals surface area contributed by atoms with E-state index < -0.39 is 14.2 Å². The summed E-state index contributed by atoms with van der Waals surface area (Å²) >= 11 is 0. The van der Waals surface area contributed by atoms with Gasteiger partial charge in [0.1, 0.15) is 24.9 Å². The predicted octanol–water partition coefficient (Wildman–Crippen LogP) is 4.82. The molecule has 0 radical (unpaired) electrons. The first kappa shape index (κ1) is 24.3. The molecule has 2 fully saturated rings. The Morgan fingerprint density at radius 2 is 1.94 bits per heavy atom. The van der Waals surface area contributed by atoms with Crippen LogP contribution in [0.5, 0.6) is 0 Å². The molecule has 0 N–H and O–H groups in total. The third-order valence-electron chi connectivity index (χ3n) is 7.25. The summed E-state index contributed by atoms with van der Waals surface area (Å²) in [4.78, 5) is 18.1. The topological polar surface area (TPSA) is 59.3 Å². The van der Waals surface area contributed by atoms with Gasteiger partial charge in [0.05, 0.1) is 5.39 Å². The molecule has 2 saturated heterocycles. The zero-order chi connectivity index (χ0) is 24.4. The number of pyridine rings is 1. The van der Waals surface area contributed by atoms with Crippen LogP contribution in [0.25, 0.3) is 22.2 Å². The number of aromatic nitrogens is 4. The summed E-state index contributed by atoms with van der Waals surface area (Å²) in [6, 6.07) is 3.65. The van der Waals surface area contributed by atoms with Crippen molar-refractivity contribution >= 4 is 24.8 Å². The maximum atomic E-state index is 13.9. The maximum Gasteiger partial charge on any atom is 0.144 e. The third-order valence-corrected chi connectivity index (χ3v) is 8.95. The zero-order valence-corrected chi connectivity index (χ0v) is 22.2. The summed E-state index contributed by atoms with van der Waals surface area (Å²) in [7, 11) is -1.15. The van der Waals surface area contributed by atoms with Crippen LogP contribution < -0.4 is 4.90 Å². The van der Waals surface area contributed by atoms with Crippen molar-refractivity contribution in [3.63, 3.8) is 0 Å². The van der Waals surface area contributed by atoms with E-state index in [0.717, 1.165) is 67.3 Å². The number of fused-ring (bicyclic) bond motifs is 1. The molecule has 2 aliphatic heterocycles. The Kier molecular flexibility index (Phi) is 7.18. The molecule has 188 valence electrons. The number of piperidine rings is 1. The van der Waals surface area contributed by atoms with E-state index in [1.54, 1.807) is 6.33 Å². The quantitative estimate of drug-likeness (QED) is 0.329. The highest BCUT2D eigenvalue weighted by Crippen LogP contribution is 2.37. The van der Waals surface area contributed by atoms with E-state index in [9.17, 15) is 4.39 Å². The van der Waals surface area contributed by atoms with Crippen LogP contribution >= 0.6 is 0 Å². The highest BCUT2D eigenvalue weighted by atomic mass is 28.3. The molecular formula is C26H37FN6OSi. The second kappa shape index (κ2) is 10.3. The van der Waals surface area contributed by atoms with Gasteiger partial charge in [-0.2, -0.15) is 0 Å². The van der Waals surface area contributed by atoms with E-state index in [0.29, 0.717) is 25.7 Å². The molecule has 0 aliphatic carbocycles. The van der Waals surface area contributed by atoms with Crippen LogP contribution in [0.4, 0.5) is 10.1 Å². The van der Waals surface area contributed by atoms with Crippen molar-refractivity contribution < 1.29 is 9.13 Å². The first-order valence-electron chi connectivity index (χ1n) is 12.8. The molecule has 5 rings (SSSR count). The number of likely N-dealkylation sites (tertiary alicyclic amines) is 1. The normalized spacial score (nSPS) is 21.8. The van der Waals surface area contributed by atoms with E-state index in [-0.39, 0.29) is 0 Å². The molecule has 7 nitrogen and oxygen atoms in total. The lowest BCUT2D eigenvalue weighted by Crippen LogP contribution is -2.47.